The molecule has 0 N–H and O–H groups in total. The topological polar surface area (TPSA) is 31.5 Å². The summed E-state index contributed by atoms with van der Waals surface area (Å²) in [5, 5.41) is 0. The van der Waals surface area contributed by atoms with Crippen LogP contribution in [0.15, 0.2) is 11.9 Å². The lowest BCUT2D eigenvalue weighted by atomic mass is 10.6. The zero-order chi connectivity index (χ0) is 6.57. The van der Waals surface area contributed by atoms with Crippen LogP contribution in [0.3, 0.4) is 0 Å². The number of halogens is 3. The van der Waals surface area contributed by atoms with Crippen LogP contribution < -0.4 is 5.90 Å². The third kappa shape index (κ3) is 2.59. The van der Waals surface area contributed by atoms with Crippen molar-refractivity contribution < 1.29 is 18.0 Å². The van der Waals surface area contributed by atoms with Gasteiger partial charge in [-0.2, -0.15) is 8.78 Å². The quantitative estimate of drug-likeness (QED) is 0.508. The minimum Gasteiger partial charge on any atom is -0.256 e. The van der Waals surface area contributed by atoms with Crippen LogP contribution in [0.2, 0.25) is 0 Å². The lowest BCUT2D eigenvalue weighted by molar-refractivity contribution is 0.121. The van der Waals surface area contributed by atoms with Crippen molar-refractivity contribution in [1.82, 2.24) is 5.90 Å². The Kier molecular flexibility index (Phi) is 3.21. The Labute approximate surface area is 43.7 Å². The molecule has 2 nitrogen and oxygen atoms in total. The highest BCUT2D eigenvalue weighted by molar-refractivity contribution is 4.90. The molecule has 0 bridgehead atoms. The van der Waals surface area contributed by atoms with Gasteiger partial charge in [-0.1, -0.05) is 0 Å². The van der Waals surface area contributed by atoms with Crippen LogP contribution in [0.4, 0.5) is 13.2 Å². The molecule has 0 aliphatic carbocycles. The first-order valence-electron chi connectivity index (χ1n) is 1.64. The average molecular weight is 125 g/mol. The molecule has 0 saturated heterocycles. The van der Waals surface area contributed by atoms with Gasteiger partial charge in [0.05, 0.1) is 0 Å². The zero-order valence-corrected chi connectivity index (χ0v) is 3.70. The third-order valence-electron chi connectivity index (χ3n) is 0.396. The van der Waals surface area contributed by atoms with Crippen molar-refractivity contribution in [3.05, 3.63) is 11.9 Å². The predicted molar refractivity (Wildman–Crippen MR) is 18.4 cm³/mol. The van der Waals surface area contributed by atoms with Crippen LogP contribution in [0.5, 0.6) is 0 Å². The molecule has 0 atom stereocenters. The highest BCUT2D eigenvalue weighted by Gasteiger charge is 2.02. The standard InChI is InChI=1S/C3H2F3NO/c4-2(1-8-7)3(5)6/h1H2. The molecule has 0 aliphatic heterocycles. The van der Waals surface area contributed by atoms with Gasteiger partial charge >= 0.3 is 6.08 Å². The first kappa shape index (κ1) is 7.45. The van der Waals surface area contributed by atoms with Crippen LogP contribution in [0, 0.1) is 0 Å². The van der Waals surface area contributed by atoms with Crippen molar-refractivity contribution in [1.29, 1.82) is 0 Å². The maximum atomic E-state index is 11.4. The van der Waals surface area contributed by atoms with E-state index in [1.165, 1.54) is 0 Å². The molecule has 0 saturated carbocycles. The molecule has 8 heavy (non-hydrogen) atoms. The Bertz CT molecular complexity index is 98.7. The second-order valence-corrected chi connectivity index (χ2v) is 0.939. The molecule has 0 rings (SSSR count). The average Bonchev–Trinajstić information content (AvgIpc) is 1.67. The molecule has 2 radical (unpaired) electrons. The minimum absolute atomic E-state index is 1.09. The Morgan fingerprint density at radius 1 is 1.38 bits per heavy atom. The summed E-state index contributed by atoms with van der Waals surface area (Å²) in [5.74, 6) is 5.62. The van der Waals surface area contributed by atoms with Gasteiger partial charge < -0.3 is 0 Å². The fourth-order valence-electron chi connectivity index (χ4n) is 0.111. The summed E-state index contributed by atoms with van der Waals surface area (Å²) in [6, 6.07) is 0. The summed E-state index contributed by atoms with van der Waals surface area (Å²) >= 11 is 0. The van der Waals surface area contributed by atoms with Gasteiger partial charge in [0.25, 0.3) is 0 Å². The number of hydrogen-bond acceptors (Lipinski definition) is 1. The monoisotopic (exact) mass is 125 g/mol. The van der Waals surface area contributed by atoms with Gasteiger partial charge in [0.1, 0.15) is 6.61 Å². The maximum Gasteiger partial charge on any atom is 0.304 e. The summed E-state index contributed by atoms with van der Waals surface area (Å²) < 4.78 is 33.2. The fraction of sp³-hybridized carbons (Fsp3) is 0.333. The second kappa shape index (κ2) is 3.45. The summed E-state index contributed by atoms with van der Waals surface area (Å²) in [6.45, 7) is -1.09. The van der Waals surface area contributed by atoms with E-state index in [4.69, 9.17) is 5.90 Å². The van der Waals surface area contributed by atoms with Crippen LogP contribution >= 0.6 is 0 Å². The van der Waals surface area contributed by atoms with E-state index in [0.717, 1.165) is 0 Å². The van der Waals surface area contributed by atoms with Gasteiger partial charge in [0.2, 0.25) is 0 Å². The van der Waals surface area contributed by atoms with Crippen LogP contribution in [0.25, 0.3) is 0 Å². The summed E-state index contributed by atoms with van der Waals surface area (Å²) in [4.78, 5) is 3.05. The van der Waals surface area contributed by atoms with Crippen molar-refractivity contribution in [2.45, 2.75) is 0 Å². The van der Waals surface area contributed by atoms with Gasteiger partial charge in [-0.05, 0) is 0 Å². The van der Waals surface area contributed by atoms with Crippen molar-refractivity contribution in [2.75, 3.05) is 6.61 Å². The van der Waals surface area contributed by atoms with E-state index in [1.807, 2.05) is 0 Å². The van der Waals surface area contributed by atoms with Gasteiger partial charge in [0, 0.05) is 5.90 Å². The lowest BCUT2D eigenvalue weighted by Gasteiger charge is -1.86. The highest BCUT2D eigenvalue weighted by atomic mass is 19.3. The first-order chi connectivity index (χ1) is 3.68. The number of nitrogens with zero attached hydrogens (tertiary/aromatic N) is 1. The minimum atomic E-state index is -2.47. The lowest BCUT2D eigenvalue weighted by Crippen LogP contribution is -1.91. The number of hydrogen-bond donors (Lipinski definition) is 0. The van der Waals surface area contributed by atoms with E-state index in [9.17, 15) is 13.2 Å². The van der Waals surface area contributed by atoms with Crippen molar-refractivity contribution in [3.63, 3.8) is 0 Å². The second-order valence-electron chi connectivity index (χ2n) is 0.939. The highest BCUT2D eigenvalue weighted by Crippen LogP contribution is 2.07. The van der Waals surface area contributed by atoms with Crippen LogP contribution in [-0.2, 0) is 4.84 Å². The molecule has 46 valence electrons. The molecule has 0 aromatic carbocycles. The third-order valence-corrected chi connectivity index (χ3v) is 0.396. The van der Waals surface area contributed by atoms with Crippen molar-refractivity contribution >= 4 is 0 Å². The van der Waals surface area contributed by atoms with Gasteiger partial charge in [-0.25, -0.2) is 4.39 Å². The normalized spacial score (nSPS) is 9.00. The first-order valence-corrected chi connectivity index (χ1v) is 1.64. The van der Waals surface area contributed by atoms with Crippen LogP contribution in [-0.4, -0.2) is 6.61 Å². The molecular weight excluding hydrogens is 123 g/mol. The smallest absolute Gasteiger partial charge is 0.256 e. The largest absolute Gasteiger partial charge is 0.304 e. The molecule has 5 heteroatoms. The molecular formula is C3H2F3NO. The Morgan fingerprint density at radius 2 is 1.88 bits per heavy atom. The van der Waals surface area contributed by atoms with E-state index in [0.29, 0.717) is 0 Å². The van der Waals surface area contributed by atoms with E-state index >= 15 is 0 Å². The van der Waals surface area contributed by atoms with Crippen molar-refractivity contribution in [2.24, 2.45) is 0 Å². The molecule has 0 fully saturated rings. The van der Waals surface area contributed by atoms with E-state index in [1.54, 1.807) is 0 Å². The Hall–Kier alpha value is -0.550. The molecule has 0 spiro atoms. The maximum absolute atomic E-state index is 11.4. The molecule has 0 aromatic rings. The van der Waals surface area contributed by atoms with Gasteiger partial charge in [-0.3, -0.25) is 4.84 Å². The Balaban J connectivity index is 3.62. The zero-order valence-electron chi connectivity index (χ0n) is 3.70. The Morgan fingerprint density at radius 3 is 2.00 bits per heavy atom. The molecule has 0 aromatic heterocycles. The fourth-order valence-corrected chi connectivity index (χ4v) is 0.111. The summed E-state index contributed by atoms with van der Waals surface area (Å²) in [5.41, 5.74) is 0. The number of rotatable bonds is 2. The van der Waals surface area contributed by atoms with Crippen molar-refractivity contribution in [3.8, 4) is 0 Å². The molecule has 0 unspecified atom stereocenters. The van der Waals surface area contributed by atoms with E-state index in [2.05, 4.69) is 4.84 Å². The van der Waals surface area contributed by atoms with E-state index in [-0.39, 0.29) is 0 Å². The summed E-state index contributed by atoms with van der Waals surface area (Å²) in [6.07, 6.45) is -2.47. The van der Waals surface area contributed by atoms with Gasteiger partial charge in [0.15, 0.2) is 5.83 Å². The molecule has 0 amide bonds. The summed E-state index contributed by atoms with van der Waals surface area (Å²) in [7, 11) is 0. The predicted octanol–water partition coefficient (Wildman–Crippen LogP) is 1.06. The molecule has 0 heterocycles. The molecule has 0 aliphatic rings. The van der Waals surface area contributed by atoms with Crippen LogP contribution in [0.1, 0.15) is 0 Å². The van der Waals surface area contributed by atoms with E-state index < -0.39 is 18.5 Å². The van der Waals surface area contributed by atoms with Gasteiger partial charge in [-0.15, -0.1) is 0 Å². The SMILES string of the molecule is [N]OCC(F)=C(F)F.